The number of aryl methyl sites for hydroxylation is 2. The van der Waals surface area contributed by atoms with Gasteiger partial charge in [-0.1, -0.05) is 37.0 Å². The van der Waals surface area contributed by atoms with Gasteiger partial charge in [0, 0.05) is 5.69 Å². The highest BCUT2D eigenvalue weighted by molar-refractivity contribution is 5.79. The Bertz CT molecular complexity index is 464. The van der Waals surface area contributed by atoms with Gasteiger partial charge < -0.3 is 10.8 Å². The van der Waals surface area contributed by atoms with Gasteiger partial charge in [-0.05, 0) is 37.3 Å². The number of rotatable bonds is 4. The van der Waals surface area contributed by atoms with Crippen LogP contribution in [0.25, 0.3) is 0 Å². The number of anilines is 1. The minimum absolute atomic E-state index is 0.450. The van der Waals surface area contributed by atoms with Gasteiger partial charge in [0.1, 0.15) is 0 Å². The van der Waals surface area contributed by atoms with Gasteiger partial charge in [0.15, 0.2) is 0 Å². The van der Waals surface area contributed by atoms with E-state index in [1.54, 1.807) is 0 Å². The number of carboxylic acid groups (broad SMARTS) is 1. The quantitative estimate of drug-likeness (QED) is 0.803. The summed E-state index contributed by atoms with van der Waals surface area (Å²) in [6.45, 7) is 3.92. The molecular weight excluding hydrogens is 226 g/mol. The van der Waals surface area contributed by atoms with Crippen LogP contribution in [0.2, 0.25) is 0 Å². The van der Waals surface area contributed by atoms with Gasteiger partial charge in [-0.25, -0.2) is 0 Å². The topological polar surface area (TPSA) is 63.3 Å². The molecule has 1 aliphatic rings. The zero-order valence-electron chi connectivity index (χ0n) is 11.1. The van der Waals surface area contributed by atoms with Gasteiger partial charge in [-0.3, -0.25) is 4.79 Å². The van der Waals surface area contributed by atoms with E-state index in [1.165, 1.54) is 6.42 Å². The third kappa shape index (κ3) is 2.50. The van der Waals surface area contributed by atoms with E-state index >= 15 is 0 Å². The Labute approximate surface area is 108 Å². The molecule has 0 radical (unpaired) electrons. The third-order valence-electron chi connectivity index (χ3n) is 4.03. The molecule has 0 spiro atoms. The largest absolute Gasteiger partial charge is 0.481 e. The zero-order chi connectivity index (χ0) is 13.3. The minimum Gasteiger partial charge on any atom is -0.481 e. The van der Waals surface area contributed by atoms with Crippen LogP contribution in [0.3, 0.4) is 0 Å². The van der Waals surface area contributed by atoms with E-state index in [4.69, 9.17) is 5.73 Å². The summed E-state index contributed by atoms with van der Waals surface area (Å²) >= 11 is 0. The van der Waals surface area contributed by atoms with E-state index < -0.39 is 11.9 Å². The van der Waals surface area contributed by atoms with Crippen molar-refractivity contribution in [3.8, 4) is 0 Å². The van der Waals surface area contributed by atoms with Gasteiger partial charge in [-0.2, -0.15) is 0 Å². The molecule has 1 aromatic carbocycles. The van der Waals surface area contributed by atoms with Crippen LogP contribution in [0.15, 0.2) is 12.1 Å². The Morgan fingerprint density at radius 1 is 1.44 bits per heavy atom. The van der Waals surface area contributed by atoms with E-state index in [-0.39, 0.29) is 0 Å². The Kier molecular flexibility index (Phi) is 3.60. The van der Waals surface area contributed by atoms with Gasteiger partial charge in [0.2, 0.25) is 0 Å². The van der Waals surface area contributed by atoms with E-state index in [1.807, 2.05) is 26.0 Å². The summed E-state index contributed by atoms with van der Waals surface area (Å²) in [5, 5.41) is 9.45. The van der Waals surface area contributed by atoms with Crippen LogP contribution in [0.1, 0.15) is 48.3 Å². The molecule has 0 amide bonds. The predicted molar refractivity (Wildman–Crippen MR) is 72.7 cm³/mol. The second kappa shape index (κ2) is 5.01. The molecule has 0 heterocycles. The molecule has 1 fully saturated rings. The fourth-order valence-corrected chi connectivity index (χ4v) is 2.72. The van der Waals surface area contributed by atoms with Crippen molar-refractivity contribution in [3.05, 3.63) is 28.8 Å². The van der Waals surface area contributed by atoms with Crippen LogP contribution in [-0.4, -0.2) is 11.1 Å². The van der Waals surface area contributed by atoms with Crippen molar-refractivity contribution in [2.45, 2.75) is 45.4 Å². The van der Waals surface area contributed by atoms with Gasteiger partial charge in [0.05, 0.1) is 5.92 Å². The summed E-state index contributed by atoms with van der Waals surface area (Å²) in [7, 11) is 0. The molecule has 0 aliphatic heterocycles. The first-order chi connectivity index (χ1) is 8.49. The average molecular weight is 247 g/mol. The van der Waals surface area contributed by atoms with Crippen LogP contribution < -0.4 is 5.73 Å². The molecule has 2 rings (SSSR count). The number of hydrogen-bond acceptors (Lipinski definition) is 2. The molecule has 0 aromatic heterocycles. The maximum atomic E-state index is 11.5. The van der Waals surface area contributed by atoms with Gasteiger partial charge >= 0.3 is 5.97 Å². The van der Waals surface area contributed by atoms with Crippen molar-refractivity contribution in [1.29, 1.82) is 0 Å². The summed E-state index contributed by atoms with van der Waals surface area (Å²) in [6, 6.07) is 3.93. The number of carbonyl (C=O) groups is 1. The average Bonchev–Trinajstić information content (AvgIpc) is 2.22. The Morgan fingerprint density at radius 3 is 2.61 bits per heavy atom. The Balaban J connectivity index is 2.32. The molecule has 3 N–H and O–H groups in total. The second-order valence-electron chi connectivity index (χ2n) is 5.51. The smallest absolute Gasteiger partial charge is 0.311 e. The van der Waals surface area contributed by atoms with E-state index in [0.29, 0.717) is 11.6 Å². The summed E-state index contributed by atoms with van der Waals surface area (Å²) < 4.78 is 0. The predicted octanol–water partition coefficient (Wildman–Crippen LogP) is 3.24. The fraction of sp³-hybridized carbons (Fsp3) is 0.533. The molecule has 1 unspecified atom stereocenters. The molecule has 0 bridgehead atoms. The first kappa shape index (κ1) is 12.9. The molecule has 1 saturated carbocycles. The van der Waals surface area contributed by atoms with Crippen molar-refractivity contribution in [2.75, 3.05) is 5.73 Å². The lowest BCUT2D eigenvalue weighted by molar-refractivity contribution is -0.139. The van der Waals surface area contributed by atoms with Crippen LogP contribution in [0, 0.1) is 19.8 Å². The maximum absolute atomic E-state index is 11.5. The van der Waals surface area contributed by atoms with Crippen molar-refractivity contribution in [3.63, 3.8) is 0 Å². The highest BCUT2D eigenvalue weighted by Crippen LogP contribution is 2.38. The molecule has 1 atom stereocenters. The number of carboxylic acids is 1. The monoisotopic (exact) mass is 247 g/mol. The highest BCUT2D eigenvalue weighted by Gasteiger charge is 2.29. The molecule has 98 valence electrons. The summed E-state index contributed by atoms with van der Waals surface area (Å²) in [5.74, 6) is -0.640. The lowest BCUT2D eigenvalue weighted by Crippen LogP contribution is -2.21. The molecule has 0 saturated heterocycles. The van der Waals surface area contributed by atoms with Crippen molar-refractivity contribution in [2.24, 2.45) is 5.92 Å². The Morgan fingerprint density at radius 2 is 2.11 bits per heavy atom. The number of hydrogen-bond donors (Lipinski definition) is 2. The minimum atomic E-state index is -0.751. The van der Waals surface area contributed by atoms with E-state index in [0.717, 1.165) is 36.0 Å². The number of benzene rings is 1. The standard InChI is InChI=1S/C15H21NO2/c1-9-6-10(2)14(16)12(7-9)13(15(17)18)8-11-4-3-5-11/h6-7,11,13H,3-5,8,16H2,1-2H3,(H,17,18). The molecule has 1 aromatic rings. The summed E-state index contributed by atoms with van der Waals surface area (Å²) in [4.78, 5) is 11.5. The first-order valence-electron chi connectivity index (χ1n) is 6.58. The molecule has 1 aliphatic carbocycles. The zero-order valence-corrected chi connectivity index (χ0v) is 11.1. The van der Waals surface area contributed by atoms with E-state index in [2.05, 4.69) is 0 Å². The number of nitrogens with two attached hydrogens (primary N) is 1. The van der Waals surface area contributed by atoms with Crippen LogP contribution in [0.5, 0.6) is 0 Å². The Hall–Kier alpha value is -1.51. The highest BCUT2D eigenvalue weighted by atomic mass is 16.4. The number of aliphatic carboxylic acids is 1. The normalized spacial score (nSPS) is 17.2. The van der Waals surface area contributed by atoms with Crippen molar-refractivity contribution in [1.82, 2.24) is 0 Å². The fourth-order valence-electron chi connectivity index (χ4n) is 2.72. The molecular formula is C15H21NO2. The van der Waals surface area contributed by atoms with Gasteiger partial charge in [-0.15, -0.1) is 0 Å². The van der Waals surface area contributed by atoms with Crippen LogP contribution in [-0.2, 0) is 4.79 Å². The summed E-state index contributed by atoms with van der Waals surface area (Å²) in [5.41, 5.74) is 9.56. The maximum Gasteiger partial charge on any atom is 0.311 e. The SMILES string of the molecule is Cc1cc(C)c(N)c(C(CC2CCC2)C(=O)O)c1. The molecule has 3 nitrogen and oxygen atoms in total. The second-order valence-corrected chi connectivity index (χ2v) is 5.51. The van der Waals surface area contributed by atoms with E-state index in [9.17, 15) is 9.90 Å². The lowest BCUT2D eigenvalue weighted by Gasteiger charge is -2.29. The lowest BCUT2D eigenvalue weighted by atomic mass is 9.76. The first-order valence-corrected chi connectivity index (χ1v) is 6.58. The molecule has 18 heavy (non-hydrogen) atoms. The molecule has 3 heteroatoms. The third-order valence-corrected chi connectivity index (χ3v) is 4.03. The summed E-state index contributed by atoms with van der Waals surface area (Å²) in [6.07, 6.45) is 4.28. The van der Waals surface area contributed by atoms with Crippen molar-refractivity contribution < 1.29 is 9.90 Å². The van der Waals surface area contributed by atoms with Crippen LogP contribution >= 0.6 is 0 Å². The number of nitrogen functional groups attached to an aromatic ring is 1. The van der Waals surface area contributed by atoms with Crippen molar-refractivity contribution >= 4 is 11.7 Å². The van der Waals surface area contributed by atoms with Gasteiger partial charge in [0.25, 0.3) is 0 Å². The van der Waals surface area contributed by atoms with Crippen LogP contribution in [0.4, 0.5) is 5.69 Å².